The molecule has 3 rings (SSSR count). The number of hydrogen-bond donors (Lipinski definition) is 0. The summed E-state index contributed by atoms with van der Waals surface area (Å²) >= 11 is 0. The van der Waals surface area contributed by atoms with Crippen molar-refractivity contribution in [1.29, 1.82) is 0 Å². The molecule has 3 heterocycles. The quantitative estimate of drug-likeness (QED) is 0.771. The summed E-state index contributed by atoms with van der Waals surface area (Å²) in [6.45, 7) is 2.34. The van der Waals surface area contributed by atoms with Crippen LogP contribution in [0.3, 0.4) is 0 Å². The van der Waals surface area contributed by atoms with E-state index in [1.807, 2.05) is 0 Å². The van der Waals surface area contributed by atoms with E-state index in [1.54, 1.807) is 22.1 Å². The van der Waals surface area contributed by atoms with Crippen LogP contribution in [-0.2, 0) is 9.53 Å². The average molecular weight is 279 g/mol. The van der Waals surface area contributed by atoms with Gasteiger partial charge in [-0.05, 0) is 12.8 Å². The Hall–Kier alpha value is -2.12. The highest BCUT2D eigenvalue weighted by molar-refractivity contribution is 5.82. The van der Waals surface area contributed by atoms with E-state index in [-0.39, 0.29) is 18.5 Å². The van der Waals surface area contributed by atoms with Crippen LogP contribution in [0.25, 0.3) is 0 Å². The van der Waals surface area contributed by atoms with E-state index < -0.39 is 6.09 Å². The summed E-state index contributed by atoms with van der Waals surface area (Å²) in [5, 5.41) is 8.27. The number of rotatable bonds is 3. The maximum Gasteiger partial charge on any atom is 0.410 e. The minimum atomic E-state index is -0.394. The lowest BCUT2D eigenvalue weighted by atomic mass is 10.1. The Morgan fingerprint density at radius 3 is 2.55 bits per heavy atom. The van der Waals surface area contributed by atoms with E-state index in [0.717, 1.165) is 12.8 Å². The van der Waals surface area contributed by atoms with Crippen LogP contribution in [0.4, 0.5) is 4.79 Å². The molecule has 2 aliphatic rings. The lowest BCUT2D eigenvalue weighted by molar-refractivity contribution is -0.133. The lowest BCUT2D eigenvalue weighted by Crippen LogP contribution is -2.44. The number of likely N-dealkylation sites (tertiary alicyclic amines) is 1. The van der Waals surface area contributed by atoms with Gasteiger partial charge in [-0.15, -0.1) is 0 Å². The van der Waals surface area contributed by atoms with Gasteiger partial charge in [0.1, 0.15) is 13.2 Å². The number of carbonyl (C=O) groups is 2. The fraction of sp³-hybridized carbons (Fsp3) is 0.667. The summed E-state index contributed by atoms with van der Waals surface area (Å²) in [5.41, 5.74) is 0. The maximum atomic E-state index is 12.1. The van der Waals surface area contributed by atoms with E-state index in [0.29, 0.717) is 26.2 Å². The largest absolute Gasteiger partial charge is 0.448 e. The first-order valence-corrected chi connectivity index (χ1v) is 6.79. The molecule has 0 saturated carbocycles. The molecule has 2 aliphatic heterocycles. The smallest absolute Gasteiger partial charge is 0.410 e. The molecule has 20 heavy (non-hydrogen) atoms. The van der Waals surface area contributed by atoms with Gasteiger partial charge in [-0.3, -0.25) is 9.69 Å². The van der Waals surface area contributed by atoms with Crippen molar-refractivity contribution in [2.24, 2.45) is 0 Å². The second-order valence-corrected chi connectivity index (χ2v) is 5.00. The van der Waals surface area contributed by atoms with E-state index in [9.17, 15) is 9.59 Å². The van der Waals surface area contributed by atoms with Gasteiger partial charge in [0.2, 0.25) is 5.91 Å². The van der Waals surface area contributed by atoms with Crippen LogP contribution in [0, 0.1) is 0 Å². The fourth-order valence-corrected chi connectivity index (χ4v) is 2.59. The number of amides is 2. The predicted octanol–water partition coefficient (Wildman–Crippen LogP) is -0.106. The van der Waals surface area contributed by atoms with Gasteiger partial charge in [-0.25, -0.2) is 4.79 Å². The minimum absolute atomic E-state index is 0.0178. The van der Waals surface area contributed by atoms with Gasteiger partial charge >= 0.3 is 6.09 Å². The molecule has 2 amide bonds. The lowest BCUT2D eigenvalue weighted by Gasteiger charge is -2.32. The Morgan fingerprint density at radius 1 is 1.25 bits per heavy atom. The molecule has 0 aromatic carbocycles. The summed E-state index contributed by atoms with van der Waals surface area (Å²) < 4.78 is 4.82. The highest BCUT2D eigenvalue weighted by atomic mass is 16.6. The molecule has 8 heteroatoms. The van der Waals surface area contributed by atoms with E-state index >= 15 is 0 Å². The zero-order valence-corrected chi connectivity index (χ0v) is 11.1. The normalized spacial score (nSPS) is 20.3. The topological polar surface area (TPSA) is 80.6 Å². The maximum absolute atomic E-state index is 12.1. The van der Waals surface area contributed by atoms with E-state index in [1.165, 1.54) is 4.90 Å². The van der Waals surface area contributed by atoms with Gasteiger partial charge in [0, 0.05) is 13.1 Å². The first kappa shape index (κ1) is 12.9. The Labute approximate surface area is 116 Å². The first-order chi connectivity index (χ1) is 9.74. The number of carbonyl (C=O) groups excluding carboxylic acids is 2. The summed E-state index contributed by atoms with van der Waals surface area (Å²) in [5.74, 6) is -0.0178. The third-order valence-corrected chi connectivity index (χ3v) is 3.75. The van der Waals surface area contributed by atoms with Crippen LogP contribution < -0.4 is 0 Å². The summed E-state index contributed by atoms with van der Waals surface area (Å²) in [7, 11) is 0. The molecule has 108 valence electrons. The van der Waals surface area contributed by atoms with Crippen molar-refractivity contribution in [3.05, 3.63) is 12.4 Å². The van der Waals surface area contributed by atoms with Crippen LogP contribution in [-0.4, -0.2) is 69.6 Å². The molecule has 0 radical (unpaired) electrons. The number of ether oxygens (including phenoxy) is 1. The first-order valence-electron chi connectivity index (χ1n) is 6.79. The van der Waals surface area contributed by atoms with Gasteiger partial charge in [0.05, 0.1) is 25.0 Å². The molecule has 2 saturated heterocycles. The third kappa shape index (κ3) is 2.59. The van der Waals surface area contributed by atoms with Gasteiger partial charge in [-0.1, -0.05) is 0 Å². The number of nitrogens with zero attached hydrogens (tertiary/aromatic N) is 5. The van der Waals surface area contributed by atoms with Crippen LogP contribution in [0.5, 0.6) is 0 Å². The highest BCUT2D eigenvalue weighted by Gasteiger charge is 2.29. The van der Waals surface area contributed by atoms with Crippen molar-refractivity contribution in [3.63, 3.8) is 0 Å². The van der Waals surface area contributed by atoms with Crippen LogP contribution in [0.1, 0.15) is 18.9 Å². The molecule has 0 unspecified atom stereocenters. The molecule has 0 N–H and O–H groups in total. The van der Waals surface area contributed by atoms with Crippen molar-refractivity contribution in [3.8, 4) is 0 Å². The standard InChI is InChI=1S/C12H17N5O3/c18-11(9-16-7-8-20-12(16)19)15-5-1-10(2-6-15)17-13-3-4-14-17/h3-4,10H,1-2,5-9H2. The van der Waals surface area contributed by atoms with Gasteiger partial charge in [0.25, 0.3) is 0 Å². The molecular formula is C12H17N5O3. The highest BCUT2D eigenvalue weighted by Crippen LogP contribution is 2.20. The number of piperidine rings is 1. The molecular weight excluding hydrogens is 262 g/mol. The molecule has 0 bridgehead atoms. The van der Waals surface area contributed by atoms with Gasteiger partial charge in [0.15, 0.2) is 0 Å². The van der Waals surface area contributed by atoms with Crippen LogP contribution in [0.15, 0.2) is 12.4 Å². The molecule has 0 spiro atoms. The molecule has 8 nitrogen and oxygen atoms in total. The van der Waals surface area contributed by atoms with E-state index in [2.05, 4.69) is 10.2 Å². The zero-order valence-electron chi connectivity index (χ0n) is 11.1. The molecule has 0 atom stereocenters. The van der Waals surface area contributed by atoms with Crippen LogP contribution in [0.2, 0.25) is 0 Å². The second kappa shape index (κ2) is 5.48. The number of cyclic esters (lactones) is 1. The molecule has 1 aromatic heterocycles. The third-order valence-electron chi connectivity index (χ3n) is 3.75. The van der Waals surface area contributed by atoms with Crippen molar-refractivity contribution in [2.75, 3.05) is 32.8 Å². The Balaban J connectivity index is 1.50. The van der Waals surface area contributed by atoms with Crippen molar-refractivity contribution < 1.29 is 14.3 Å². The van der Waals surface area contributed by atoms with Crippen LogP contribution >= 0.6 is 0 Å². The van der Waals surface area contributed by atoms with E-state index in [4.69, 9.17) is 4.74 Å². The summed E-state index contributed by atoms with van der Waals surface area (Å²) in [6, 6.07) is 0.255. The van der Waals surface area contributed by atoms with Crippen molar-refractivity contribution >= 4 is 12.0 Å². The van der Waals surface area contributed by atoms with Crippen molar-refractivity contribution in [1.82, 2.24) is 24.8 Å². The second-order valence-electron chi connectivity index (χ2n) is 5.00. The Bertz CT molecular complexity index is 481. The van der Waals surface area contributed by atoms with Crippen molar-refractivity contribution in [2.45, 2.75) is 18.9 Å². The summed E-state index contributed by atoms with van der Waals surface area (Å²) in [4.78, 5) is 28.4. The predicted molar refractivity (Wildman–Crippen MR) is 67.8 cm³/mol. The Kier molecular flexibility index (Phi) is 3.53. The van der Waals surface area contributed by atoms with Gasteiger partial charge < -0.3 is 9.64 Å². The monoisotopic (exact) mass is 279 g/mol. The minimum Gasteiger partial charge on any atom is -0.448 e. The van der Waals surface area contributed by atoms with Gasteiger partial charge in [-0.2, -0.15) is 15.0 Å². The SMILES string of the molecule is O=C(CN1CCOC1=O)N1CCC(n2nccn2)CC1. The zero-order chi connectivity index (χ0) is 13.9. The number of aromatic nitrogens is 3. The number of hydrogen-bond acceptors (Lipinski definition) is 5. The Morgan fingerprint density at radius 2 is 1.95 bits per heavy atom. The molecule has 1 aromatic rings. The molecule has 0 aliphatic carbocycles. The molecule has 2 fully saturated rings. The average Bonchev–Trinajstić information content (AvgIpc) is 3.12. The summed E-state index contributed by atoms with van der Waals surface area (Å²) in [6.07, 6.45) is 4.61. The fourth-order valence-electron chi connectivity index (χ4n) is 2.59.